The van der Waals surface area contributed by atoms with E-state index in [1.165, 1.54) is 5.69 Å². The SMILES string of the molecule is CCn1cccc1CNc1cc(C#N)ccc1Cl. The van der Waals surface area contributed by atoms with Gasteiger partial charge in [-0.1, -0.05) is 11.6 Å². The Bertz CT molecular complexity index is 581. The summed E-state index contributed by atoms with van der Waals surface area (Å²) in [6.07, 6.45) is 2.05. The minimum absolute atomic E-state index is 0.604. The van der Waals surface area contributed by atoms with Crippen LogP contribution in [0.2, 0.25) is 5.02 Å². The molecule has 0 fully saturated rings. The first kappa shape index (κ1) is 12.5. The number of hydrogen-bond acceptors (Lipinski definition) is 2. The number of aryl methyl sites for hydroxylation is 1. The summed E-state index contributed by atoms with van der Waals surface area (Å²) in [6.45, 7) is 3.73. The molecule has 0 bridgehead atoms. The number of anilines is 1. The van der Waals surface area contributed by atoms with E-state index in [1.807, 2.05) is 12.3 Å². The average molecular weight is 260 g/mol. The highest BCUT2D eigenvalue weighted by atomic mass is 35.5. The van der Waals surface area contributed by atoms with Gasteiger partial charge in [0.2, 0.25) is 0 Å². The second kappa shape index (κ2) is 5.61. The molecule has 0 aliphatic heterocycles. The molecule has 1 aromatic heterocycles. The molecule has 0 saturated heterocycles. The summed E-state index contributed by atoms with van der Waals surface area (Å²) in [5.74, 6) is 0. The van der Waals surface area contributed by atoms with E-state index in [9.17, 15) is 0 Å². The second-order valence-electron chi connectivity index (χ2n) is 3.95. The van der Waals surface area contributed by atoms with E-state index < -0.39 is 0 Å². The number of benzene rings is 1. The maximum Gasteiger partial charge on any atom is 0.0992 e. The Morgan fingerprint density at radius 1 is 1.39 bits per heavy atom. The molecule has 0 radical (unpaired) electrons. The quantitative estimate of drug-likeness (QED) is 0.911. The standard InChI is InChI=1S/C14H14ClN3/c1-2-18-7-3-4-12(18)10-17-14-8-11(9-16)5-6-13(14)15/h3-8,17H,2,10H2,1H3. The third kappa shape index (κ3) is 2.66. The topological polar surface area (TPSA) is 40.8 Å². The third-order valence-corrected chi connectivity index (χ3v) is 3.15. The molecule has 1 heterocycles. The fourth-order valence-electron chi connectivity index (χ4n) is 1.83. The number of aromatic nitrogens is 1. The Labute approximate surface area is 112 Å². The van der Waals surface area contributed by atoms with E-state index in [-0.39, 0.29) is 0 Å². The summed E-state index contributed by atoms with van der Waals surface area (Å²) in [5.41, 5.74) is 2.59. The zero-order valence-corrected chi connectivity index (χ0v) is 10.9. The van der Waals surface area contributed by atoms with Gasteiger partial charge in [0.25, 0.3) is 0 Å². The lowest BCUT2D eigenvalue weighted by atomic mass is 10.2. The van der Waals surface area contributed by atoms with Crippen molar-refractivity contribution in [1.82, 2.24) is 4.57 Å². The highest BCUT2D eigenvalue weighted by Crippen LogP contribution is 2.23. The molecule has 0 atom stereocenters. The lowest BCUT2D eigenvalue weighted by Crippen LogP contribution is -2.06. The summed E-state index contributed by atoms with van der Waals surface area (Å²) in [6, 6.07) is 11.4. The van der Waals surface area contributed by atoms with Gasteiger partial charge in [-0.05, 0) is 37.3 Å². The van der Waals surface area contributed by atoms with E-state index in [4.69, 9.17) is 16.9 Å². The van der Waals surface area contributed by atoms with E-state index in [0.29, 0.717) is 17.1 Å². The molecule has 0 saturated carbocycles. The fraction of sp³-hybridized carbons (Fsp3) is 0.214. The highest BCUT2D eigenvalue weighted by Gasteiger charge is 2.03. The van der Waals surface area contributed by atoms with Crippen LogP contribution in [-0.2, 0) is 13.1 Å². The lowest BCUT2D eigenvalue weighted by molar-refractivity contribution is 0.724. The maximum absolute atomic E-state index is 8.86. The molecule has 0 unspecified atom stereocenters. The molecule has 2 rings (SSSR count). The predicted molar refractivity (Wildman–Crippen MR) is 73.6 cm³/mol. The monoisotopic (exact) mass is 259 g/mol. The van der Waals surface area contributed by atoms with Crippen molar-refractivity contribution in [2.45, 2.75) is 20.0 Å². The van der Waals surface area contributed by atoms with Crippen LogP contribution in [0.5, 0.6) is 0 Å². The molecule has 4 heteroatoms. The predicted octanol–water partition coefficient (Wildman–Crippen LogP) is 3.65. The normalized spacial score (nSPS) is 10.1. The Morgan fingerprint density at radius 3 is 2.94 bits per heavy atom. The van der Waals surface area contributed by atoms with Gasteiger partial charge in [-0.2, -0.15) is 5.26 Å². The van der Waals surface area contributed by atoms with Crippen molar-refractivity contribution in [2.75, 3.05) is 5.32 Å². The molecule has 0 aliphatic carbocycles. The summed E-state index contributed by atoms with van der Waals surface area (Å²) >= 11 is 6.09. The zero-order valence-electron chi connectivity index (χ0n) is 10.2. The van der Waals surface area contributed by atoms with E-state index >= 15 is 0 Å². The molecular formula is C14H14ClN3. The molecule has 1 aromatic carbocycles. The molecule has 0 amide bonds. The van der Waals surface area contributed by atoms with Crippen molar-refractivity contribution in [3.8, 4) is 6.07 Å². The van der Waals surface area contributed by atoms with Crippen molar-refractivity contribution in [1.29, 1.82) is 5.26 Å². The van der Waals surface area contributed by atoms with Crippen molar-refractivity contribution < 1.29 is 0 Å². The number of nitriles is 1. The average Bonchev–Trinajstić information content (AvgIpc) is 2.85. The van der Waals surface area contributed by atoms with Crippen LogP contribution < -0.4 is 5.32 Å². The Hall–Kier alpha value is -1.92. The zero-order chi connectivity index (χ0) is 13.0. The molecule has 0 spiro atoms. The van der Waals surface area contributed by atoms with Gasteiger partial charge < -0.3 is 9.88 Å². The van der Waals surface area contributed by atoms with Gasteiger partial charge in [0.15, 0.2) is 0 Å². The summed E-state index contributed by atoms with van der Waals surface area (Å²) in [5, 5.41) is 12.8. The minimum atomic E-state index is 0.604. The maximum atomic E-state index is 8.86. The van der Waals surface area contributed by atoms with Crippen LogP contribution in [-0.4, -0.2) is 4.57 Å². The first-order valence-corrected chi connectivity index (χ1v) is 6.20. The number of nitrogens with one attached hydrogen (secondary N) is 1. The van der Waals surface area contributed by atoms with Gasteiger partial charge in [-0.25, -0.2) is 0 Å². The van der Waals surface area contributed by atoms with Crippen LogP contribution in [0, 0.1) is 11.3 Å². The molecule has 1 N–H and O–H groups in total. The minimum Gasteiger partial charge on any atom is -0.378 e. The summed E-state index contributed by atoms with van der Waals surface area (Å²) in [4.78, 5) is 0. The smallest absolute Gasteiger partial charge is 0.0992 e. The first-order chi connectivity index (χ1) is 8.74. The second-order valence-corrected chi connectivity index (χ2v) is 4.35. The summed E-state index contributed by atoms with van der Waals surface area (Å²) in [7, 11) is 0. The van der Waals surface area contributed by atoms with Crippen LogP contribution in [0.1, 0.15) is 18.2 Å². The Balaban J connectivity index is 2.13. The van der Waals surface area contributed by atoms with Gasteiger partial charge >= 0.3 is 0 Å². The van der Waals surface area contributed by atoms with E-state index in [2.05, 4.69) is 28.9 Å². The highest BCUT2D eigenvalue weighted by molar-refractivity contribution is 6.33. The molecule has 18 heavy (non-hydrogen) atoms. The van der Waals surface area contributed by atoms with Crippen LogP contribution in [0.15, 0.2) is 36.5 Å². The Kier molecular flexibility index (Phi) is 3.91. The number of rotatable bonds is 4. The number of nitrogens with zero attached hydrogens (tertiary/aromatic N) is 2. The lowest BCUT2D eigenvalue weighted by Gasteiger charge is -2.10. The van der Waals surface area contributed by atoms with Crippen molar-refractivity contribution >= 4 is 17.3 Å². The fourth-order valence-corrected chi connectivity index (χ4v) is 2.02. The molecule has 2 aromatic rings. The molecule has 3 nitrogen and oxygen atoms in total. The van der Waals surface area contributed by atoms with Crippen molar-refractivity contribution in [3.05, 3.63) is 52.8 Å². The van der Waals surface area contributed by atoms with Crippen LogP contribution in [0.25, 0.3) is 0 Å². The number of hydrogen-bond donors (Lipinski definition) is 1. The van der Waals surface area contributed by atoms with Crippen molar-refractivity contribution in [3.63, 3.8) is 0 Å². The molecule has 92 valence electrons. The Morgan fingerprint density at radius 2 is 2.22 bits per heavy atom. The molecular weight excluding hydrogens is 246 g/mol. The van der Waals surface area contributed by atoms with Gasteiger partial charge in [0, 0.05) is 18.4 Å². The van der Waals surface area contributed by atoms with Gasteiger partial charge in [-0.15, -0.1) is 0 Å². The van der Waals surface area contributed by atoms with Crippen molar-refractivity contribution in [2.24, 2.45) is 0 Å². The summed E-state index contributed by atoms with van der Waals surface area (Å²) < 4.78 is 2.16. The molecule has 0 aliphatic rings. The van der Waals surface area contributed by atoms with Gasteiger partial charge in [0.05, 0.1) is 28.9 Å². The first-order valence-electron chi connectivity index (χ1n) is 5.82. The van der Waals surface area contributed by atoms with Crippen LogP contribution in [0.4, 0.5) is 5.69 Å². The van der Waals surface area contributed by atoms with Gasteiger partial charge in [0.1, 0.15) is 0 Å². The van der Waals surface area contributed by atoms with Crippen LogP contribution in [0.3, 0.4) is 0 Å². The number of halogens is 1. The van der Waals surface area contributed by atoms with E-state index in [0.717, 1.165) is 12.2 Å². The third-order valence-electron chi connectivity index (χ3n) is 2.82. The van der Waals surface area contributed by atoms with E-state index in [1.54, 1.807) is 18.2 Å². The largest absolute Gasteiger partial charge is 0.378 e. The van der Waals surface area contributed by atoms with Gasteiger partial charge in [-0.3, -0.25) is 0 Å². The van der Waals surface area contributed by atoms with Crippen LogP contribution >= 0.6 is 11.6 Å².